The maximum Gasteiger partial charge on any atom is 0.465 e. The lowest BCUT2D eigenvalue weighted by atomic mass is 9.52. The van der Waals surface area contributed by atoms with Gasteiger partial charge in [0.15, 0.2) is 6.61 Å². The molecule has 0 aliphatic heterocycles. The van der Waals surface area contributed by atoms with Gasteiger partial charge in [-0.25, -0.2) is 9.59 Å². The minimum atomic E-state index is -5.99. The topological polar surface area (TPSA) is 127 Å². The van der Waals surface area contributed by atoms with Crippen LogP contribution >= 0.6 is 0 Å². The molecule has 4 aliphatic rings. The Morgan fingerprint density at radius 3 is 2.20 bits per heavy atom. The number of aliphatic hydroxyl groups is 1. The molecular weight excluding hydrogens is 366 g/mol. The van der Waals surface area contributed by atoms with E-state index >= 15 is 0 Å². The molecule has 0 aromatic rings. The molecule has 0 saturated heterocycles. The number of carbonyl (C=O) groups is 2. The zero-order valence-corrected chi connectivity index (χ0v) is 13.9. The molecule has 0 aromatic heterocycles. The molecule has 4 bridgehead atoms. The van der Waals surface area contributed by atoms with Crippen molar-refractivity contribution in [3.8, 4) is 0 Å². The van der Waals surface area contributed by atoms with Gasteiger partial charge in [0.2, 0.25) is 0 Å². The van der Waals surface area contributed by atoms with Crippen LogP contribution in [0.1, 0.15) is 38.5 Å². The van der Waals surface area contributed by atoms with Gasteiger partial charge in [-0.05, 0) is 43.9 Å². The third-order valence-corrected chi connectivity index (χ3v) is 6.00. The highest BCUT2D eigenvalue weighted by atomic mass is 32.2. The summed E-state index contributed by atoms with van der Waals surface area (Å²) in [6.45, 7) is -1.21. The summed E-state index contributed by atoms with van der Waals surface area (Å²) in [6, 6.07) is 0. The van der Waals surface area contributed by atoms with Crippen molar-refractivity contribution in [3.05, 3.63) is 0 Å². The van der Waals surface area contributed by atoms with E-state index < -0.39 is 45.1 Å². The molecular formula is C14H18F2O8S. The average Bonchev–Trinajstić information content (AvgIpc) is 2.39. The van der Waals surface area contributed by atoms with Crippen LogP contribution in [-0.2, 0) is 29.2 Å². The highest BCUT2D eigenvalue weighted by Gasteiger charge is 2.59. The molecule has 11 heteroatoms. The maximum absolute atomic E-state index is 13.0. The molecule has 8 nitrogen and oxygen atoms in total. The van der Waals surface area contributed by atoms with Gasteiger partial charge in [-0.2, -0.15) is 17.2 Å². The molecule has 0 radical (unpaired) electrons. The molecule has 2 atom stereocenters. The number of alkyl halides is 2. The third-order valence-electron chi connectivity index (χ3n) is 5.19. The Bertz CT molecular complexity index is 690. The van der Waals surface area contributed by atoms with E-state index in [-0.39, 0.29) is 18.3 Å². The zero-order chi connectivity index (χ0) is 18.7. The van der Waals surface area contributed by atoms with Gasteiger partial charge in [-0.3, -0.25) is 4.55 Å². The van der Waals surface area contributed by atoms with Crippen LogP contribution in [0.5, 0.6) is 0 Å². The fourth-order valence-corrected chi connectivity index (χ4v) is 5.10. The number of ether oxygens (including phenoxy) is 2. The van der Waals surface area contributed by atoms with Gasteiger partial charge >= 0.3 is 27.3 Å². The van der Waals surface area contributed by atoms with Crippen LogP contribution in [-0.4, -0.2) is 53.1 Å². The van der Waals surface area contributed by atoms with E-state index in [0.29, 0.717) is 25.7 Å². The van der Waals surface area contributed by atoms with Crippen LogP contribution in [0.4, 0.5) is 8.78 Å². The highest BCUT2D eigenvalue weighted by Crippen LogP contribution is 2.58. The Morgan fingerprint density at radius 2 is 1.72 bits per heavy atom. The van der Waals surface area contributed by atoms with Crippen LogP contribution in [0.3, 0.4) is 0 Å². The average molecular weight is 384 g/mol. The van der Waals surface area contributed by atoms with Crippen LogP contribution in [0.2, 0.25) is 0 Å². The first-order valence-corrected chi connectivity index (χ1v) is 9.25. The van der Waals surface area contributed by atoms with Crippen molar-refractivity contribution in [1.82, 2.24) is 0 Å². The second kappa shape index (κ2) is 5.58. The molecule has 0 aromatic carbocycles. The van der Waals surface area contributed by atoms with Gasteiger partial charge in [0, 0.05) is 6.42 Å². The minimum Gasteiger partial charge on any atom is -0.456 e. The fourth-order valence-electron chi connectivity index (χ4n) is 4.84. The van der Waals surface area contributed by atoms with Gasteiger partial charge < -0.3 is 14.6 Å². The van der Waals surface area contributed by atoms with Crippen molar-refractivity contribution in [2.45, 2.75) is 55.0 Å². The Hall–Kier alpha value is -1.33. The fraction of sp³-hybridized carbons (Fsp3) is 0.857. The molecule has 2 N–H and O–H groups in total. The third kappa shape index (κ3) is 3.36. The lowest BCUT2D eigenvalue weighted by Crippen LogP contribution is -2.60. The Balaban J connectivity index is 1.60. The molecule has 2 unspecified atom stereocenters. The van der Waals surface area contributed by atoms with Gasteiger partial charge in [0.1, 0.15) is 5.60 Å². The Kier molecular flexibility index (Phi) is 4.12. The van der Waals surface area contributed by atoms with Crippen LogP contribution in [0.25, 0.3) is 0 Å². The van der Waals surface area contributed by atoms with Crippen molar-refractivity contribution in [1.29, 1.82) is 0 Å². The summed E-state index contributed by atoms with van der Waals surface area (Å²) in [4.78, 5) is 22.9. The second-order valence-electron chi connectivity index (χ2n) is 7.41. The van der Waals surface area contributed by atoms with Gasteiger partial charge in [0.05, 0.1) is 5.60 Å². The van der Waals surface area contributed by atoms with Crippen molar-refractivity contribution in [2.24, 2.45) is 11.8 Å². The summed E-state index contributed by atoms with van der Waals surface area (Å²) in [6.07, 6.45) is 3.56. The summed E-state index contributed by atoms with van der Waals surface area (Å²) < 4.78 is 64.6. The van der Waals surface area contributed by atoms with E-state index in [1.165, 1.54) is 0 Å². The first-order chi connectivity index (χ1) is 11.3. The molecule has 25 heavy (non-hydrogen) atoms. The number of carbonyl (C=O) groups excluding carboxylic acids is 2. The van der Waals surface area contributed by atoms with E-state index in [4.69, 9.17) is 9.29 Å². The van der Waals surface area contributed by atoms with E-state index in [1.54, 1.807) is 0 Å². The summed E-state index contributed by atoms with van der Waals surface area (Å²) >= 11 is 0. The van der Waals surface area contributed by atoms with Crippen LogP contribution in [0.15, 0.2) is 0 Å². The monoisotopic (exact) mass is 384 g/mol. The molecule has 4 rings (SSSR count). The molecule has 4 fully saturated rings. The first-order valence-electron chi connectivity index (χ1n) is 7.81. The largest absolute Gasteiger partial charge is 0.465 e. The molecule has 0 heterocycles. The maximum atomic E-state index is 13.0. The second-order valence-corrected chi connectivity index (χ2v) is 8.87. The summed E-state index contributed by atoms with van der Waals surface area (Å²) in [7, 11) is -5.99. The van der Waals surface area contributed by atoms with Crippen molar-refractivity contribution in [2.75, 3.05) is 6.61 Å². The van der Waals surface area contributed by atoms with Crippen LogP contribution in [0, 0.1) is 11.8 Å². The lowest BCUT2D eigenvalue weighted by Gasteiger charge is -2.59. The van der Waals surface area contributed by atoms with E-state index in [0.717, 1.165) is 6.42 Å². The predicted octanol–water partition coefficient (Wildman–Crippen LogP) is 0.637. The van der Waals surface area contributed by atoms with Crippen molar-refractivity contribution >= 4 is 22.1 Å². The summed E-state index contributed by atoms with van der Waals surface area (Å²) in [5.74, 6) is -3.24. The van der Waals surface area contributed by atoms with Gasteiger partial charge in [-0.15, -0.1) is 0 Å². The molecule has 4 saturated carbocycles. The Morgan fingerprint density at radius 1 is 1.16 bits per heavy atom. The number of rotatable bonds is 5. The Labute approximate surface area is 142 Å². The SMILES string of the molecule is O=C(COC(=O)C(F)(F)S(=O)(=O)O)OC12CC3CC(CC(O)(C3)C1)C2. The van der Waals surface area contributed by atoms with Crippen molar-refractivity contribution < 1.29 is 45.9 Å². The smallest absolute Gasteiger partial charge is 0.456 e. The first kappa shape index (κ1) is 18.5. The number of halogens is 2. The predicted molar refractivity (Wildman–Crippen MR) is 75.9 cm³/mol. The number of hydrogen-bond donors (Lipinski definition) is 2. The molecule has 4 aliphatic carbocycles. The normalized spacial score (nSPS) is 37.0. The summed E-state index contributed by atoms with van der Waals surface area (Å²) in [5.41, 5.74) is -1.81. The molecule has 0 amide bonds. The van der Waals surface area contributed by atoms with Crippen LogP contribution < -0.4 is 0 Å². The van der Waals surface area contributed by atoms with Gasteiger partial charge in [-0.1, -0.05) is 0 Å². The molecule has 0 spiro atoms. The molecule has 142 valence electrons. The lowest BCUT2D eigenvalue weighted by molar-refractivity contribution is -0.222. The zero-order valence-electron chi connectivity index (χ0n) is 13.1. The van der Waals surface area contributed by atoms with E-state index in [2.05, 4.69) is 4.74 Å². The quantitative estimate of drug-likeness (QED) is 0.522. The van der Waals surface area contributed by atoms with Crippen molar-refractivity contribution in [3.63, 3.8) is 0 Å². The van der Waals surface area contributed by atoms with E-state index in [1.807, 2.05) is 0 Å². The number of esters is 2. The minimum absolute atomic E-state index is 0.213. The standard InChI is InChI=1S/C14H18F2O8S/c15-14(16,25(20,21)22)11(18)23-6-10(17)24-13-4-8-1-9(5-13)3-12(19,2-8)7-13/h8-9,19H,1-7H2,(H,20,21,22). The van der Waals surface area contributed by atoms with Gasteiger partial charge in [0.25, 0.3) is 0 Å². The van der Waals surface area contributed by atoms with E-state index in [9.17, 15) is 31.9 Å². The summed E-state index contributed by atoms with van der Waals surface area (Å²) in [5, 5.41) is 5.36. The number of hydrogen-bond acceptors (Lipinski definition) is 7. The highest BCUT2D eigenvalue weighted by molar-refractivity contribution is 7.87.